The van der Waals surface area contributed by atoms with E-state index in [0.29, 0.717) is 11.3 Å². The van der Waals surface area contributed by atoms with Gasteiger partial charge in [-0.15, -0.1) is 0 Å². The molecule has 0 radical (unpaired) electrons. The van der Waals surface area contributed by atoms with Crippen LogP contribution in [0, 0.1) is 0 Å². The lowest BCUT2D eigenvalue weighted by molar-refractivity contribution is 0.0734. The molecule has 4 nitrogen and oxygen atoms in total. The van der Waals surface area contributed by atoms with Crippen molar-refractivity contribution in [2.45, 2.75) is 110 Å². The van der Waals surface area contributed by atoms with E-state index in [4.69, 9.17) is 14.2 Å². The average Bonchev–Trinajstić information content (AvgIpc) is 2.89. The Morgan fingerprint density at radius 2 is 1.28 bits per heavy atom. The monoisotopic (exact) mass is 494 g/mol. The molecule has 198 valence electrons. The van der Waals surface area contributed by atoms with E-state index in [9.17, 15) is 4.79 Å². The first-order valence-electron chi connectivity index (χ1n) is 14.0. The van der Waals surface area contributed by atoms with E-state index >= 15 is 0 Å². The highest BCUT2D eigenvalue weighted by Crippen LogP contribution is 2.21. The van der Waals surface area contributed by atoms with Gasteiger partial charge in [0.2, 0.25) is 0 Å². The van der Waals surface area contributed by atoms with Crippen molar-refractivity contribution in [3.05, 3.63) is 66.4 Å². The number of benzene rings is 2. The minimum Gasteiger partial charge on any atom is -0.491 e. The van der Waals surface area contributed by atoms with Gasteiger partial charge in [0, 0.05) is 0 Å². The number of allylic oxidation sites excluding steroid dienone is 1. The predicted octanol–water partition coefficient (Wildman–Crippen LogP) is 9.68. The van der Waals surface area contributed by atoms with Gasteiger partial charge in [-0.1, -0.05) is 71.6 Å². The van der Waals surface area contributed by atoms with Crippen LogP contribution in [-0.2, 0) is 0 Å². The summed E-state index contributed by atoms with van der Waals surface area (Å²) in [5.74, 6) is 1.59. The van der Waals surface area contributed by atoms with Gasteiger partial charge in [0.15, 0.2) is 0 Å². The molecule has 0 bridgehead atoms. The van der Waals surface area contributed by atoms with Gasteiger partial charge >= 0.3 is 5.97 Å². The fourth-order valence-electron chi connectivity index (χ4n) is 3.99. The summed E-state index contributed by atoms with van der Waals surface area (Å²) in [6, 6.07) is 14.2. The second-order valence-electron chi connectivity index (χ2n) is 9.56. The first-order valence-corrected chi connectivity index (χ1v) is 14.0. The molecule has 0 N–H and O–H groups in total. The van der Waals surface area contributed by atoms with E-state index in [1.807, 2.05) is 12.1 Å². The quantitative estimate of drug-likeness (QED) is 0.0844. The highest BCUT2D eigenvalue weighted by molar-refractivity contribution is 5.91. The largest absolute Gasteiger partial charge is 0.491 e. The molecule has 0 aliphatic rings. The van der Waals surface area contributed by atoms with Gasteiger partial charge in [-0.2, -0.15) is 0 Å². The number of carbonyl (C=O) groups excluding carboxylic acids is 1. The average molecular weight is 495 g/mol. The molecule has 0 aliphatic carbocycles. The van der Waals surface area contributed by atoms with Gasteiger partial charge in [0.25, 0.3) is 0 Å². The number of hydrogen-bond acceptors (Lipinski definition) is 4. The predicted molar refractivity (Wildman–Crippen MR) is 149 cm³/mol. The smallest absolute Gasteiger partial charge is 0.343 e. The van der Waals surface area contributed by atoms with Crippen molar-refractivity contribution in [2.24, 2.45) is 0 Å². The maximum absolute atomic E-state index is 12.5. The highest BCUT2D eigenvalue weighted by Gasteiger charge is 2.10. The van der Waals surface area contributed by atoms with Crippen molar-refractivity contribution < 1.29 is 19.0 Å². The molecule has 0 aliphatic heterocycles. The Morgan fingerprint density at radius 1 is 0.722 bits per heavy atom. The van der Waals surface area contributed by atoms with E-state index in [0.717, 1.165) is 24.3 Å². The molecule has 1 atom stereocenters. The van der Waals surface area contributed by atoms with Gasteiger partial charge in [-0.3, -0.25) is 0 Å². The third-order valence-electron chi connectivity index (χ3n) is 6.20. The molecule has 0 amide bonds. The van der Waals surface area contributed by atoms with Crippen LogP contribution in [0.15, 0.2) is 60.9 Å². The van der Waals surface area contributed by atoms with Crippen molar-refractivity contribution in [1.82, 2.24) is 0 Å². The van der Waals surface area contributed by atoms with Crippen LogP contribution in [0.1, 0.15) is 115 Å². The molecule has 2 rings (SSSR count). The first-order chi connectivity index (χ1) is 17.6. The molecule has 0 aromatic heterocycles. The number of rotatable bonds is 19. The fraction of sp³-hybridized carbons (Fsp3) is 0.531. The number of unbranched alkanes of at least 4 members (excludes halogenated alkanes) is 10. The normalized spacial score (nSPS) is 12.0. The lowest BCUT2D eigenvalue weighted by atomic mass is 10.1. The van der Waals surface area contributed by atoms with E-state index in [-0.39, 0.29) is 6.10 Å². The summed E-state index contributed by atoms with van der Waals surface area (Å²) in [5, 5.41) is 0. The topological polar surface area (TPSA) is 44.8 Å². The Bertz CT molecular complexity index is 855. The number of ether oxygens (including phenoxy) is 3. The molecular formula is C32H46O4. The van der Waals surface area contributed by atoms with E-state index < -0.39 is 5.97 Å². The minimum absolute atomic E-state index is 0.163. The van der Waals surface area contributed by atoms with Crippen molar-refractivity contribution in [3.8, 4) is 17.2 Å². The molecule has 36 heavy (non-hydrogen) atoms. The van der Waals surface area contributed by atoms with E-state index in [2.05, 4.69) is 26.8 Å². The Labute approximate surface area is 219 Å². The van der Waals surface area contributed by atoms with E-state index in [1.54, 1.807) is 42.7 Å². The van der Waals surface area contributed by atoms with Crippen LogP contribution >= 0.6 is 0 Å². The zero-order valence-electron chi connectivity index (χ0n) is 22.7. The summed E-state index contributed by atoms with van der Waals surface area (Å²) >= 11 is 0. The van der Waals surface area contributed by atoms with Crippen molar-refractivity contribution >= 4 is 5.97 Å². The Balaban J connectivity index is 1.67. The van der Waals surface area contributed by atoms with Crippen LogP contribution in [0.4, 0.5) is 0 Å². The van der Waals surface area contributed by atoms with Gasteiger partial charge in [-0.25, -0.2) is 4.79 Å². The number of esters is 1. The molecule has 0 saturated heterocycles. The third kappa shape index (κ3) is 12.8. The maximum Gasteiger partial charge on any atom is 0.343 e. The fourth-order valence-corrected chi connectivity index (χ4v) is 3.99. The lowest BCUT2D eigenvalue weighted by Crippen LogP contribution is -2.12. The lowest BCUT2D eigenvalue weighted by Gasteiger charge is -2.14. The Morgan fingerprint density at radius 3 is 1.94 bits per heavy atom. The minimum atomic E-state index is -0.391. The SMILES string of the molecule is CCCCCCCCCC=COc1ccc(OC(=O)c2ccc(OC(C)CCCCCC)cc2)cc1. The third-order valence-corrected chi connectivity index (χ3v) is 6.20. The molecule has 0 fully saturated rings. The second-order valence-corrected chi connectivity index (χ2v) is 9.56. The molecule has 4 heteroatoms. The molecule has 2 aromatic rings. The molecule has 0 saturated carbocycles. The van der Waals surface area contributed by atoms with Crippen molar-refractivity contribution in [1.29, 1.82) is 0 Å². The number of hydrogen-bond donors (Lipinski definition) is 0. The summed E-state index contributed by atoms with van der Waals surface area (Å²) < 4.78 is 17.1. The zero-order valence-corrected chi connectivity index (χ0v) is 22.7. The Hall–Kier alpha value is -2.75. The van der Waals surface area contributed by atoms with Gasteiger partial charge in [-0.05, 0) is 87.2 Å². The van der Waals surface area contributed by atoms with Gasteiger partial charge < -0.3 is 14.2 Å². The van der Waals surface area contributed by atoms with E-state index in [1.165, 1.54) is 70.6 Å². The van der Waals surface area contributed by atoms with Gasteiger partial charge in [0.1, 0.15) is 17.2 Å². The zero-order chi connectivity index (χ0) is 25.8. The van der Waals surface area contributed by atoms with Crippen LogP contribution in [0.3, 0.4) is 0 Å². The van der Waals surface area contributed by atoms with Crippen LogP contribution in [0.2, 0.25) is 0 Å². The summed E-state index contributed by atoms with van der Waals surface area (Å²) in [7, 11) is 0. The van der Waals surface area contributed by atoms with Crippen LogP contribution in [-0.4, -0.2) is 12.1 Å². The standard InChI is InChI=1S/C32H46O4/c1-4-6-8-10-11-12-13-14-16-26-34-29-22-24-31(25-23-29)36-32(33)28-18-20-30(21-19-28)35-27(3)17-15-9-7-5-2/h16,18-27H,4-15,17H2,1-3H3. The summed E-state index contributed by atoms with van der Waals surface area (Å²) in [6.45, 7) is 6.55. The number of carbonyl (C=O) groups is 1. The first kappa shape index (κ1) is 29.5. The summed E-state index contributed by atoms with van der Waals surface area (Å²) in [6.07, 6.45) is 20.2. The van der Waals surface area contributed by atoms with Crippen LogP contribution < -0.4 is 14.2 Å². The molecule has 0 spiro atoms. The van der Waals surface area contributed by atoms with Crippen LogP contribution in [0.25, 0.3) is 0 Å². The highest BCUT2D eigenvalue weighted by atomic mass is 16.5. The summed E-state index contributed by atoms with van der Waals surface area (Å²) in [4.78, 5) is 12.5. The van der Waals surface area contributed by atoms with Crippen molar-refractivity contribution in [2.75, 3.05) is 0 Å². The molecule has 0 heterocycles. The summed E-state index contributed by atoms with van der Waals surface area (Å²) in [5.41, 5.74) is 0.492. The molecule has 1 unspecified atom stereocenters. The van der Waals surface area contributed by atoms with Gasteiger partial charge in [0.05, 0.1) is 17.9 Å². The second kappa shape index (κ2) is 18.5. The van der Waals surface area contributed by atoms with Crippen molar-refractivity contribution in [3.63, 3.8) is 0 Å². The molecular weight excluding hydrogens is 448 g/mol. The van der Waals surface area contributed by atoms with Crippen LogP contribution in [0.5, 0.6) is 17.2 Å². The molecule has 2 aromatic carbocycles. The Kier molecular flexibility index (Phi) is 15.2. The maximum atomic E-state index is 12.5.